The highest BCUT2D eigenvalue weighted by Crippen LogP contribution is 2.44. The molecular formula is C17H18N2OS. The first kappa shape index (κ1) is 14.0. The van der Waals surface area contributed by atoms with Crippen molar-refractivity contribution >= 4 is 29.0 Å². The van der Waals surface area contributed by atoms with Crippen molar-refractivity contribution in [3.63, 3.8) is 0 Å². The third kappa shape index (κ3) is 2.40. The Morgan fingerprint density at radius 1 is 1.14 bits per heavy atom. The lowest BCUT2D eigenvalue weighted by atomic mass is 10.1. The predicted octanol–water partition coefficient (Wildman–Crippen LogP) is 3.66. The first-order chi connectivity index (χ1) is 10.1. The van der Waals surface area contributed by atoms with Crippen LogP contribution in [0.25, 0.3) is 0 Å². The van der Waals surface area contributed by atoms with Crippen LogP contribution in [0.3, 0.4) is 0 Å². The van der Waals surface area contributed by atoms with E-state index in [0.29, 0.717) is 5.75 Å². The third-order valence-corrected chi connectivity index (χ3v) is 5.16. The molecule has 4 heteroatoms. The van der Waals surface area contributed by atoms with Gasteiger partial charge < -0.3 is 5.73 Å². The molecule has 2 N–H and O–H groups in total. The van der Waals surface area contributed by atoms with E-state index in [-0.39, 0.29) is 11.3 Å². The standard InChI is InChI=1S/C17H18N2OS/c1-11-6-5-9-15(12(11)2)19-16(20)10-21-17(19)13-7-3-4-8-14(13)18/h3-9,17H,10,18H2,1-2H3. The number of hydrogen-bond donors (Lipinski definition) is 1. The van der Waals surface area contributed by atoms with Gasteiger partial charge in [-0.1, -0.05) is 30.3 Å². The zero-order chi connectivity index (χ0) is 15.0. The van der Waals surface area contributed by atoms with E-state index >= 15 is 0 Å². The van der Waals surface area contributed by atoms with E-state index in [0.717, 1.165) is 22.5 Å². The predicted molar refractivity (Wildman–Crippen MR) is 89.5 cm³/mol. The number of hydrogen-bond acceptors (Lipinski definition) is 3. The lowest BCUT2D eigenvalue weighted by Gasteiger charge is -2.27. The van der Waals surface area contributed by atoms with Crippen molar-refractivity contribution < 1.29 is 4.79 Å². The van der Waals surface area contributed by atoms with Crippen molar-refractivity contribution in [1.29, 1.82) is 0 Å². The number of rotatable bonds is 2. The van der Waals surface area contributed by atoms with E-state index in [4.69, 9.17) is 5.73 Å². The summed E-state index contributed by atoms with van der Waals surface area (Å²) in [5.74, 6) is 0.633. The molecule has 0 spiro atoms. The second-order valence-corrected chi connectivity index (χ2v) is 6.34. The minimum Gasteiger partial charge on any atom is -0.398 e. The zero-order valence-corrected chi connectivity index (χ0v) is 13.0. The van der Waals surface area contributed by atoms with Gasteiger partial charge in [-0.15, -0.1) is 11.8 Å². The highest BCUT2D eigenvalue weighted by atomic mass is 32.2. The molecule has 0 radical (unpaired) electrons. The monoisotopic (exact) mass is 298 g/mol. The zero-order valence-electron chi connectivity index (χ0n) is 12.2. The quantitative estimate of drug-likeness (QED) is 0.861. The molecule has 21 heavy (non-hydrogen) atoms. The summed E-state index contributed by atoms with van der Waals surface area (Å²) in [6.45, 7) is 4.13. The first-order valence-corrected chi connectivity index (χ1v) is 7.98. The van der Waals surface area contributed by atoms with Crippen LogP contribution in [0.1, 0.15) is 22.1 Å². The summed E-state index contributed by atoms with van der Waals surface area (Å²) in [7, 11) is 0. The maximum Gasteiger partial charge on any atom is 0.238 e. The van der Waals surface area contributed by atoms with Gasteiger partial charge in [0, 0.05) is 16.9 Å². The number of nitrogens with two attached hydrogens (primary N) is 1. The van der Waals surface area contributed by atoms with Crippen molar-refractivity contribution in [3.05, 3.63) is 59.2 Å². The number of para-hydroxylation sites is 1. The van der Waals surface area contributed by atoms with Gasteiger partial charge in [0.15, 0.2) is 0 Å². The molecule has 1 aliphatic heterocycles. The average molecular weight is 298 g/mol. The highest BCUT2D eigenvalue weighted by molar-refractivity contribution is 8.00. The van der Waals surface area contributed by atoms with Crippen molar-refractivity contribution in [2.75, 3.05) is 16.4 Å². The van der Waals surface area contributed by atoms with Gasteiger partial charge in [0.25, 0.3) is 0 Å². The van der Waals surface area contributed by atoms with E-state index in [9.17, 15) is 4.79 Å². The van der Waals surface area contributed by atoms with Crippen LogP contribution in [-0.4, -0.2) is 11.7 Å². The summed E-state index contributed by atoms with van der Waals surface area (Å²) in [6.07, 6.45) is 0. The molecule has 1 heterocycles. The Morgan fingerprint density at radius 2 is 1.90 bits per heavy atom. The molecular weight excluding hydrogens is 280 g/mol. The highest BCUT2D eigenvalue weighted by Gasteiger charge is 2.35. The molecule has 1 atom stereocenters. The smallest absolute Gasteiger partial charge is 0.238 e. The molecule has 3 nitrogen and oxygen atoms in total. The number of carbonyl (C=O) groups excluding carboxylic acids is 1. The molecule has 108 valence electrons. The Labute approximate surface area is 129 Å². The number of aryl methyl sites for hydroxylation is 1. The summed E-state index contributed by atoms with van der Waals surface area (Å²) in [5, 5.41) is -0.0424. The van der Waals surface area contributed by atoms with Crippen LogP contribution in [0.15, 0.2) is 42.5 Å². The summed E-state index contributed by atoms with van der Waals surface area (Å²) in [5.41, 5.74) is 11.2. The third-order valence-electron chi connectivity index (χ3n) is 3.97. The maximum absolute atomic E-state index is 12.4. The number of amides is 1. The summed E-state index contributed by atoms with van der Waals surface area (Å²) >= 11 is 1.63. The van der Waals surface area contributed by atoms with Gasteiger partial charge in [-0.3, -0.25) is 9.69 Å². The number of carbonyl (C=O) groups is 1. The molecule has 0 saturated carbocycles. The minimum atomic E-state index is -0.0424. The molecule has 1 aliphatic rings. The van der Waals surface area contributed by atoms with E-state index in [1.807, 2.05) is 41.3 Å². The van der Waals surface area contributed by atoms with E-state index in [1.54, 1.807) is 11.8 Å². The fourth-order valence-electron chi connectivity index (χ4n) is 2.65. The molecule has 0 aromatic heterocycles. The van der Waals surface area contributed by atoms with Crippen molar-refractivity contribution in [1.82, 2.24) is 0 Å². The number of anilines is 2. The fourth-order valence-corrected chi connectivity index (χ4v) is 3.86. The normalized spacial score (nSPS) is 18.3. The van der Waals surface area contributed by atoms with Crippen molar-refractivity contribution in [3.8, 4) is 0 Å². The molecule has 0 bridgehead atoms. The van der Waals surface area contributed by atoms with Crippen LogP contribution in [0.5, 0.6) is 0 Å². The molecule has 1 amide bonds. The van der Waals surface area contributed by atoms with Crippen molar-refractivity contribution in [2.45, 2.75) is 19.2 Å². The van der Waals surface area contributed by atoms with Crippen LogP contribution in [0.2, 0.25) is 0 Å². The van der Waals surface area contributed by atoms with E-state index in [2.05, 4.69) is 19.9 Å². The van der Waals surface area contributed by atoms with E-state index in [1.165, 1.54) is 5.56 Å². The van der Waals surface area contributed by atoms with Crippen molar-refractivity contribution in [2.24, 2.45) is 0 Å². The van der Waals surface area contributed by atoms with Gasteiger partial charge in [0.2, 0.25) is 5.91 Å². The van der Waals surface area contributed by atoms with Gasteiger partial charge in [-0.05, 0) is 37.1 Å². The molecule has 1 fully saturated rings. The summed E-state index contributed by atoms with van der Waals surface area (Å²) in [6, 6.07) is 13.9. The molecule has 2 aromatic rings. The first-order valence-electron chi connectivity index (χ1n) is 6.94. The molecule has 1 saturated heterocycles. The second-order valence-electron chi connectivity index (χ2n) is 5.28. The Bertz CT molecular complexity index is 699. The van der Waals surface area contributed by atoms with Gasteiger partial charge in [-0.25, -0.2) is 0 Å². The Kier molecular flexibility index (Phi) is 3.64. The van der Waals surface area contributed by atoms with Crippen LogP contribution < -0.4 is 10.6 Å². The summed E-state index contributed by atoms with van der Waals surface area (Å²) < 4.78 is 0. The SMILES string of the molecule is Cc1cccc(N2C(=O)CSC2c2ccccc2N)c1C. The summed E-state index contributed by atoms with van der Waals surface area (Å²) in [4.78, 5) is 14.3. The lowest BCUT2D eigenvalue weighted by molar-refractivity contribution is -0.115. The van der Waals surface area contributed by atoms with Crippen LogP contribution >= 0.6 is 11.8 Å². The van der Waals surface area contributed by atoms with Crippen LogP contribution in [-0.2, 0) is 4.79 Å². The molecule has 0 aliphatic carbocycles. The number of nitrogen functional groups attached to an aromatic ring is 1. The topological polar surface area (TPSA) is 46.3 Å². The molecule has 2 aromatic carbocycles. The Hall–Kier alpha value is -1.94. The molecule has 1 unspecified atom stereocenters. The van der Waals surface area contributed by atoms with Gasteiger partial charge in [0.1, 0.15) is 5.37 Å². The number of benzene rings is 2. The van der Waals surface area contributed by atoms with Gasteiger partial charge in [0.05, 0.1) is 5.75 Å². The number of nitrogens with zero attached hydrogens (tertiary/aromatic N) is 1. The maximum atomic E-state index is 12.4. The number of thioether (sulfide) groups is 1. The Morgan fingerprint density at radius 3 is 2.67 bits per heavy atom. The van der Waals surface area contributed by atoms with Gasteiger partial charge in [-0.2, -0.15) is 0 Å². The largest absolute Gasteiger partial charge is 0.398 e. The van der Waals surface area contributed by atoms with Crippen LogP contribution in [0, 0.1) is 13.8 Å². The van der Waals surface area contributed by atoms with Gasteiger partial charge >= 0.3 is 0 Å². The average Bonchev–Trinajstić information content (AvgIpc) is 2.84. The van der Waals surface area contributed by atoms with Crippen LogP contribution in [0.4, 0.5) is 11.4 Å². The molecule has 3 rings (SSSR count). The second kappa shape index (κ2) is 5.45. The Balaban J connectivity index is 2.09. The lowest BCUT2D eigenvalue weighted by Crippen LogP contribution is -2.29. The van der Waals surface area contributed by atoms with E-state index < -0.39 is 0 Å². The minimum absolute atomic E-state index is 0.0424. The fraction of sp³-hybridized carbons (Fsp3) is 0.235.